The number of hydrogen-bond donors (Lipinski definition) is 0. The normalized spacial score (nSPS) is 20.4. The van der Waals surface area contributed by atoms with Crippen LogP contribution >= 0.6 is 0 Å². The number of hydrogen-bond acceptors (Lipinski definition) is 4. The number of amides is 2. The molecule has 1 saturated carbocycles. The summed E-state index contributed by atoms with van der Waals surface area (Å²) in [4.78, 5) is 22.7. The molecule has 152 valence electrons. The highest BCUT2D eigenvalue weighted by Gasteiger charge is 2.27. The third kappa shape index (κ3) is 3.69. The van der Waals surface area contributed by atoms with Gasteiger partial charge in [0.15, 0.2) is 0 Å². The summed E-state index contributed by atoms with van der Waals surface area (Å²) >= 11 is 0. The van der Waals surface area contributed by atoms with Crippen LogP contribution in [-0.2, 0) is 12.8 Å². The van der Waals surface area contributed by atoms with Crippen LogP contribution in [-0.4, -0.2) is 60.1 Å². The second-order valence-corrected chi connectivity index (χ2v) is 8.36. The maximum atomic E-state index is 12.1. The van der Waals surface area contributed by atoms with E-state index < -0.39 is 0 Å². The minimum absolute atomic E-state index is 0.0159. The van der Waals surface area contributed by atoms with Gasteiger partial charge in [-0.25, -0.2) is 9.78 Å². The van der Waals surface area contributed by atoms with Gasteiger partial charge in [-0.3, -0.25) is 9.80 Å². The molecule has 0 unspecified atom stereocenters. The second kappa shape index (κ2) is 7.67. The Balaban J connectivity index is 1.26. The number of ether oxygens (including phenoxy) is 1. The topological polar surface area (TPSA) is 48.9 Å². The van der Waals surface area contributed by atoms with Crippen molar-refractivity contribution in [3.05, 3.63) is 47.7 Å². The van der Waals surface area contributed by atoms with Crippen LogP contribution < -0.4 is 9.64 Å². The summed E-state index contributed by atoms with van der Waals surface area (Å²) in [5, 5.41) is 0. The highest BCUT2D eigenvalue weighted by Crippen LogP contribution is 2.30. The van der Waals surface area contributed by atoms with Gasteiger partial charge < -0.3 is 9.64 Å². The van der Waals surface area contributed by atoms with Gasteiger partial charge in [0.25, 0.3) is 0 Å². The fourth-order valence-electron chi connectivity index (χ4n) is 4.50. The van der Waals surface area contributed by atoms with Gasteiger partial charge in [0.1, 0.15) is 5.75 Å². The lowest BCUT2D eigenvalue weighted by molar-refractivity contribution is 0.133. The van der Waals surface area contributed by atoms with Crippen LogP contribution in [0.2, 0.25) is 0 Å². The van der Waals surface area contributed by atoms with Gasteiger partial charge in [-0.1, -0.05) is 12.5 Å². The summed E-state index contributed by atoms with van der Waals surface area (Å²) in [5.74, 6) is 1.39. The highest BCUT2D eigenvalue weighted by molar-refractivity contribution is 5.93. The fraction of sp³-hybridized carbons (Fsp3) is 0.478. The van der Waals surface area contributed by atoms with Gasteiger partial charge in [0.05, 0.1) is 11.9 Å². The average molecular weight is 393 g/mol. The van der Waals surface area contributed by atoms with E-state index in [1.165, 1.54) is 36.9 Å². The van der Waals surface area contributed by atoms with Crippen molar-refractivity contribution < 1.29 is 9.53 Å². The van der Waals surface area contributed by atoms with Crippen molar-refractivity contribution in [1.29, 1.82) is 0 Å². The molecule has 3 heterocycles. The molecule has 3 aliphatic rings. The summed E-state index contributed by atoms with van der Waals surface area (Å²) < 4.78 is 6.02. The average Bonchev–Trinajstić information content (AvgIpc) is 2.90. The predicted octanol–water partition coefficient (Wildman–Crippen LogP) is 3.70. The molecular weight excluding hydrogens is 364 g/mol. The number of fused-ring (bicyclic) bond motifs is 1. The molecule has 0 atom stereocenters. The molecule has 1 aliphatic carbocycles. The molecule has 1 aromatic heterocycles. The van der Waals surface area contributed by atoms with Gasteiger partial charge in [-0.05, 0) is 55.0 Å². The zero-order valence-corrected chi connectivity index (χ0v) is 17.0. The molecule has 1 saturated heterocycles. The molecule has 2 aromatic rings. The number of carbonyl (C=O) groups excluding carboxylic acids is 1. The van der Waals surface area contributed by atoms with Crippen LogP contribution in [0, 0.1) is 0 Å². The molecule has 2 fully saturated rings. The molecule has 6 heteroatoms. The van der Waals surface area contributed by atoms with Crippen LogP contribution in [0.3, 0.4) is 0 Å². The van der Waals surface area contributed by atoms with Crippen LogP contribution in [0.4, 0.5) is 10.5 Å². The molecule has 0 N–H and O–H groups in total. The van der Waals surface area contributed by atoms with Gasteiger partial charge >= 0.3 is 6.03 Å². The maximum Gasteiger partial charge on any atom is 0.324 e. The molecule has 2 aliphatic heterocycles. The van der Waals surface area contributed by atoms with Crippen molar-refractivity contribution >= 4 is 11.7 Å². The van der Waals surface area contributed by atoms with Crippen LogP contribution in [0.5, 0.6) is 11.6 Å². The third-order valence-corrected chi connectivity index (χ3v) is 6.58. The van der Waals surface area contributed by atoms with Crippen molar-refractivity contribution in [2.24, 2.45) is 0 Å². The molecular formula is C23H28N4O2. The zero-order valence-electron chi connectivity index (χ0n) is 17.0. The monoisotopic (exact) mass is 392 g/mol. The number of aromatic nitrogens is 1. The number of nitrogens with zero attached hydrogens (tertiary/aromatic N) is 4. The Bertz CT molecular complexity index is 894. The van der Waals surface area contributed by atoms with Crippen molar-refractivity contribution in [3.8, 4) is 11.6 Å². The van der Waals surface area contributed by atoms with Crippen molar-refractivity contribution in [2.75, 3.05) is 38.1 Å². The predicted molar refractivity (Wildman–Crippen MR) is 113 cm³/mol. The Kier molecular flexibility index (Phi) is 4.87. The minimum Gasteiger partial charge on any atom is -0.439 e. The molecule has 0 bridgehead atoms. The Hall–Kier alpha value is -2.60. The second-order valence-electron chi connectivity index (χ2n) is 8.36. The summed E-state index contributed by atoms with van der Waals surface area (Å²) in [7, 11) is 1.82. The Morgan fingerprint density at radius 3 is 2.48 bits per heavy atom. The van der Waals surface area contributed by atoms with E-state index in [0.717, 1.165) is 43.4 Å². The van der Waals surface area contributed by atoms with Crippen molar-refractivity contribution in [2.45, 2.75) is 38.1 Å². The lowest BCUT2D eigenvalue weighted by Crippen LogP contribution is -2.41. The van der Waals surface area contributed by atoms with Crippen LogP contribution in [0.25, 0.3) is 0 Å². The first-order valence-corrected chi connectivity index (χ1v) is 10.7. The van der Waals surface area contributed by atoms with E-state index in [4.69, 9.17) is 4.74 Å². The number of rotatable bonds is 4. The van der Waals surface area contributed by atoms with E-state index in [2.05, 4.69) is 22.0 Å². The number of anilines is 1. The summed E-state index contributed by atoms with van der Waals surface area (Å²) in [6.07, 6.45) is 8.04. The van der Waals surface area contributed by atoms with Crippen LogP contribution in [0.15, 0.2) is 36.5 Å². The lowest BCUT2D eigenvalue weighted by Gasteiger charge is -2.36. The molecule has 5 rings (SSSR count). The van der Waals surface area contributed by atoms with Gasteiger partial charge in [0.2, 0.25) is 5.88 Å². The number of benzene rings is 1. The lowest BCUT2D eigenvalue weighted by atomic mass is 9.91. The number of urea groups is 1. The van der Waals surface area contributed by atoms with E-state index in [-0.39, 0.29) is 6.03 Å². The van der Waals surface area contributed by atoms with Crippen molar-refractivity contribution in [1.82, 2.24) is 14.8 Å². The molecule has 2 amide bonds. The van der Waals surface area contributed by atoms with E-state index in [1.54, 1.807) is 16.0 Å². The molecule has 6 nitrogen and oxygen atoms in total. The summed E-state index contributed by atoms with van der Waals surface area (Å²) in [5.41, 5.74) is 3.65. The standard InChI is InChI=1S/C23H28N4O2/c1-25-13-14-27(23(25)28)20-6-8-22(24-16-20)29-21-7-5-17-9-11-26(19-3-2-4-19)12-10-18(17)15-21/h5-8,15-16,19H,2-4,9-14H2,1H3. The van der Waals surface area contributed by atoms with Crippen molar-refractivity contribution in [3.63, 3.8) is 0 Å². The van der Waals surface area contributed by atoms with Gasteiger partial charge in [0, 0.05) is 45.3 Å². The zero-order chi connectivity index (χ0) is 19.8. The fourth-order valence-corrected chi connectivity index (χ4v) is 4.50. The largest absolute Gasteiger partial charge is 0.439 e. The highest BCUT2D eigenvalue weighted by atomic mass is 16.5. The number of carbonyl (C=O) groups is 1. The quantitative estimate of drug-likeness (QED) is 0.796. The Morgan fingerprint density at radius 1 is 1.00 bits per heavy atom. The van der Waals surface area contributed by atoms with E-state index in [9.17, 15) is 4.79 Å². The molecule has 29 heavy (non-hydrogen) atoms. The Labute approximate surface area is 172 Å². The number of pyridine rings is 1. The SMILES string of the molecule is CN1CCN(c2ccc(Oc3ccc4c(c3)CCN(C3CCC3)CC4)nc2)C1=O. The molecule has 0 radical (unpaired) electrons. The summed E-state index contributed by atoms with van der Waals surface area (Å²) in [6, 6.07) is 11.0. The first kappa shape index (κ1) is 18.4. The molecule has 0 spiro atoms. The number of likely N-dealkylation sites (N-methyl/N-ethyl adjacent to an activating group) is 1. The van der Waals surface area contributed by atoms with Gasteiger partial charge in [-0.2, -0.15) is 0 Å². The Morgan fingerprint density at radius 2 is 1.83 bits per heavy atom. The van der Waals surface area contributed by atoms with E-state index in [0.29, 0.717) is 12.4 Å². The van der Waals surface area contributed by atoms with Gasteiger partial charge in [-0.15, -0.1) is 0 Å². The molecule has 1 aromatic carbocycles. The maximum absolute atomic E-state index is 12.1. The van der Waals surface area contributed by atoms with E-state index >= 15 is 0 Å². The summed E-state index contributed by atoms with van der Waals surface area (Å²) in [6.45, 7) is 3.75. The van der Waals surface area contributed by atoms with Crippen LogP contribution in [0.1, 0.15) is 30.4 Å². The first-order valence-electron chi connectivity index (χ1n) is 10.7. The van der Waals surface area contributed by atoms with E-state index in [1.807, 2.05) is 25.2 Å². The smallest absolute Gasteiger partial charge is 0.324 e. The third-order valence-electron chi connectivity index (χ3n) is 6.58. The minimum atomic E-state index is 0.0159. The first-order chi connectivity index (χ1) is 14.2.